The van der Waals surface area contributed by atoms with E-state index in [9.17, 15) is 8.42 Å². The summed E-state index contributed by atoms with van der Waals surface area (Å²) < 4.78 is 21.4. The molecule has 0 aliphatic carbocycles. The largest absolute Gasteiger partial charge is 0.228 e. The zero-order chi connectivity index (χ0) is 8.04. The maximum absolute atomic E-state index is 10.7. The number of sulfone groups is 1. The minimum absolute atomic E-state index is 0.0179. The molecule has 0 aromatic heterocycles. The molecule has 0 amide bonds. The van der Waals surface area contributed by atoms with Gasteiger partial charge in [0.2, 0.25) is 0 Å². The van der Waals surface area contributed by atoms with Crippen molar-refractivity contribution >= 4 is 9.84 Å². The van der Waals surface area contributed by atoms with Gasteiger partial charge in [0.15, 0.2) is 9.84 Å². The summed E-state index contributed by atoms with van der Waals surface area (Å²) in [6.45, 7) is 0. The van der Waals surface area contributed by atoms with Crippen LogP contribution in [0.4, 0.5) is 0 Å². The SMILES string of the molecule is C#CCS(=O)(=O)CCC#N. The van der Waals surface area contributed by atoms with Crippen LogP contribution in [0.5, 0.6) is 0 Å². The molecular formula is C6H7NO2S. The van der Waals surface area contributed by atoms with Crippen molar-refractivity contribution in [2.75, 3.05) is 11.5 Å². The molecule has 0 aliphatic rings. The average molecular weight is 157 g/mol. The van der Waals surface area contributed by atoms with Crippen molar-refractivity contribution in [3.8, 4) is 18.4 Å². The Kier molecular flexibility index (Phi) is 3.53. The lowest BCUT2D eigenvalue weighted by molar-refractivity contribution is 0.599. The fraction of sp³-hybridized carbons (Fsp3) is 0.500. The molecule has 4 heteroatoms. The van der Waals surface area contributed by atoms with Crippen LogP contribution in [0.25, 0.3) is 0 Å². The predicted molar refractivity (Wildman–Crippen MR) is 37.7 cm³/mol. The Balaban J connectivity index is 3.95. The molecule has 0 unspecified atom stereocenters. The molecule has 3 nitrogen and oxygen atoms in total. The fourth-order valence-corrected chi connectivity index (χ4v) is 1.20. The second-order valence-electron chi connectivity index (χ2n) is 1.70. The fourth-order valence-electron chi connectivity index (χ4n) is 0.400. The van der Waals surface area contributed by atoms with E-state index < -0.39 is 9.84 Å². The van der Waals surface area contributed by atoms with E-state index in [0.29, 0.717) is 0 Å². The topological polar surface area (TPSA) is 57.9 Å². The summed E-state index contributed by atoms with van der Waals surface area (Å²) in [5.74, 6) is 1.62. The molecule has 0 rings (SSSR count). The van der Waals surface area contributed by atoms with Crippen molar-refractivity contribution in [1.82, 2.24) is 0 Å². The van der Waals surface area contributed by atoms with Gasteiger partial charge in [-0.15, -0.1) is 6.42 Å². The first-order valence-electron chi connectivity index (χ1n) is 2.63. The molecule has 0 atom stereocenters. The summed E-state index contributed by atoms with van der Waals surface area (Å²) in [5, 5.41) is 8.03. The van der Waals surface area contributed by atoms with Gasteiger partial charge in [-0.3, -0.25) is 0 Å². The van der Waals surface area contributed by atoms with E-state index in [1.54, 1.807) is 6.07 Å². The molecule has 0 fully saturated rings. The molecule has 0 radical (unpaired) electrons. The Morgan fingerprint density at radius 2 is 2.10 bits per heavy atom. The van der Waals surface area contributed by atoms with E-state index >= 15 is 0 Å². The molecule has 0 aliphatic heterocycles. The molecule has 54 valence electrons. The first-order chi connectivity index (χ1) is 4.62. The number of nitrogens with zero attached hydrogens (tertiary/aromatic N) is 1. The highest BCUT2D eigenvalue weighted by Gasteiger charge is 2.06. The molecule has 10 heavy (non-hydrogen) atoms. The third-order valence-corrected chi connectivity index (χ3v) is 2.26. The first kappa shape index (κ1) is 9.00. The van der Waals surface area contributed by atoms with Gasteiger partial charge in [0.1, 0.15) is 5.75 Å². The maximum atomic E-state index is 10.7. The van der Waals surface area contributed by atoms with Crippen molar-refractivity contribution in [2.24, 2.45) is 0 Å². The maximum Gasteiger partial charge on any atom is 0.162 e. The van der Waals surface area contributed by atoms with Crippen LogP contribution in [0.3, 0.4) is 0 Å². The van der Waals surface area contributed by atoms with Crippen molar-refractivity contribution in [1.29, 1.82) is 5.26 Å². The molecule has 0 saturated heterocycles. The summed E-state index contributed by atoms with van der Waals surface area (Å²) in [6.07, 6.45) is 4.79. The van der Waals surface area contributed by atoms with Crippen LogP contribution < -0.4 is 0 Å². The van der Waals surface area contributed by atoms with E-state index in [2.05, 4.69) is 0 Å². The number of hydrogen-bond acceptors (Lipinski definition) is 3. The van der Waals surface area contributed by atoms with Gasteiger partial charge in [-0.2, -0.15) is 5.26 Å². The van der Waals surface area contributed by atoms with Crippen LogP contribution in [-0.4, -0.2) is 19.9 Å². The Bertz CT molecular complexity index is 265. The Hall–Kier alpha value is -1.00. The van der Waals surface area contributed by atoms with Gasteiger partial charge in [-0.25, -0.2) is 8.42 Å². The minimum atomic E-state index is -3.15. The highest BCUT2D eigenvalue weighted by molar-refractivity contribution is 7.91. The minimum Gasteiger partial charge on any atom is -0.228 e. The van der Waals surface area contributed by atoms with Crippen molar-refractivity contribution < 1.29 is 8.42 Å². The van der Waals surface area contributed by atoms with E-state index in [0.717, 1.165) is 0 Å². The smallest absolute Gasteiger partial charge is 0.162 e. The summed E-state index contributed by atoms with van der Waals surface area (Å²) in [7, 11) is -3.15. The first-order valence-corrected chi connectivity index (χ1v) is 4.45. The van der Waals surface area contributed by atoms with E-state index in [1.165, 1.54) is 0 Å². The van der Waals surface area contributed by atoms with Crippen LogP contribution >= 0.6 is 0 Å². The lowest BCUT2D eigenvalue weighted by Gasteiger charge is -1.92. The Morgan fingerprint density at radius 1 is 1.50 bits per heavy atom. The van der Waals surface area contributed by atoms with E-state index in [-0.39, 0.29) is 17.9 Å². The monoisotopic (exact) mass is 157 g/mol. The van der Waals surface area contributed by atoms with Crippen LogP contribution in [-0.2, 0) is 9.84 Å². The molecule has 0 aromatic carbocycles. The van der Waals surface area contributed by atoms with Crippen LogP contribution in [0.15, 0.2) is 0 Å². The van der Waals surface area contributed by atoms with Crippen molar-refractivity contribution in [3.05, 3.63) is 0 Å². The molecule has 0 heterocycles. The highest BCUT2D eigenvalue weighted by atomic mass is 32.2. The average Bonchev–Trinajstić information content (AvgIpc) is 1.84. The predicted octanol–water partition coefficient (Wildman–Crippen LogP) is -0.0519. The zero-order valence-electron chi connectivity index (χ0n) is 5.37. The van der Waals surface area contributed by atoms with E-state index in [4.69, 9.17) is 11.7 Å². The van der Waals surface area contributed by atoms with Crippen molar-refractivity contribution in [3.63, 3.8) is 0 Å². The molecule has 0 bridgehead atoms. The summed E-state index contributed by atoms with van der Waals surface area (Å²) >= 11 is 0. The highest BCUT2D eigenvalue weighted by Crippen LogP contribution is 1.90. The summed E-state index contributed by atoms with van der Waals surface area (Å²) in [4.78, 5) is 0. The zero-order valence-corrected chi connectivity index (χ0v) is 6.19. The lowest BCUT2D eigenvalue weighted by Crippen LogP contribution is -2.08. The Labute approximate surface area is 60.6 Å². The van der Waals surface area contributed by atoms with Gasteiger partial charge in [0.05, 0.1) is 11.8 Å². The molecule has 0 N–H and O–H groups in total. The summed E-state index contributed by atoms with van der Waals surface area (Å²) in [6, 6.07) is 1.73. The standard InChI is InChI=1S/C6H7NO2S/c1-2-5-10(8,9)6-3-4-7/h1H,3,5-6H2. The van der Waals surface area contributed by atoms with Crippen LogP contribution in [0.1, 0.15) is 6.42 Å². The van der Waals surface area contributed by atoms with Gasteiger partial charge in [0, 0.05) is 6.42 Å². The molecule has 0 saturated carbocycles. The molecular weight excluding hydrogens is 150 g/mol. The van der Waals surface area contributed by atoms with Gasteiger partial charge in [0.25, 0.3) is 0 Å². The van der Waals surface area contributed by atoms with Crippen LogP contribution in [0.2, 0.25) is 0 Å². The third kappa shape index (κ3) is 3.94. The molecule has 0 spiro atoms. The normalized spacial score (nSPS) is 9.80. The van der Waals surface area contributed by atoms with E-state index in [1.807, 2.05) is 5.92 Å². The number of terminal acetylenes is 1. The summed E-state index contributed by atoms with van der Waals surface area (Å²) in [5.41, 5.74) is 0. The molecule has 0 aromatic rings. The number of hydrogen-bond donors (Lipinski definition) is 0. The number of nitriles is 1. The van der Waals surface area contributed by atoms with Gasteiger partial charge in [-0.05, 0) is 0 Å². The van der Waals surface area contributed by atoms with Gasteiger partial charge < -0.3 is 0 Å². The third-order valence-electron chi connectivity index (χ3n) is 0.828. The van der Waals surface area contributed by atoms with Gasteiger partial charge in [-0.1, -0.05) is 5.92 Å². The van der Waals surface area contributed by atoms with Crippen LogP contribution in [0, 0.1) is 23.7 Å². The van der Waals surface area contributed by atoms with Crippen molar-refractivity contribution in [2.45, 2.75) is 6.42 Å². The quantitative estimate of drug-likeness (QED) is 0.539. The lowest BCUT2D eigenvalue weighted by atomic mass is 10.6. The van der Waals surface area contributed by atoms with Gasteiger partial charge >= 0.3 is 0 Å². The second-order valence-corrected chi connectivity index (χ2v) is 3.89. The second kappa shape index (κ2) is 3.92. The number of rotatable bonds is 3. The Morgan fingerprint density at radius 3 is 2.50 bits per heavy atom.